The van der Waals surface area contributed by atoms with E-state index >= 15 is 0 Å². The Bertz CT molecular complexity index is 1120. The lowest BCUT2D eigenvalue weighted by atomic mass is 10.2. The Balaban J connectivity index is 1.56. The van der Waals surface area contributed by atoms with Gasteiger partial charge < -0.3 is 14.5 Å². The van der Waals surface area contributed by atoms with E-state index in [4.69, 9.17) is 4.74 Å². The number of hydrogen-bond acceptors (Lipinski definition) is 5. The van der Waals surface area contributed by atoms with Gasteiger partial charge in [0.2, 0.25) is 21.8 Å². The number of anilines is 2. The number of likely N-dealkylation sites (N-methyl/N-ethyl adjacent to an activating group) is 1. The number of hydrogen-bond donors (Lipinski definition) is 0. The van der Waals surface area contributed by atoms with E-state index in [0.29, 0.717) is 31.1 Å². The van der Waals surface area contributed by atoms with Gasteiger partial charge in [0.05, 0.1) is 23.7 Å². The smallest absolute Gasteiger partial charge is 0.243 e. The maximum Gasteiger partial charge on any atom is 0.243 e. The standard InChI is InChI=1S/C21H23N3O5S/c1-15(25)23-11-12-29-20-8-7-17(13-19(20)23)30(27,28)22(2)14-21(26)24-10-9-16-5-3-4-6-18(16)24/h3-8,13H,9-12,14H2,1-2H3. The number of carbonyl (C=O) groups excluding carboxylic acids is 2. The number of nitrogens with zero attached hydrogens (tertiary/aromatic N) is 3. The Morgan fingerprint density at radius 3 is 2.60 bits per heavy atom. The molecule has 2 heterocycles. The van der Waals surface area contributed by atoms with Crippen LogP contribution < -0.4 is 14.5 Å². The SMILES string of the molecule is CC(=O)N1CCOc2ccc(S(=O)(=O)N(C)CC(=O)N3CCc4ccccc43)cc21. The number of amides is 2. The molecule has 0 spiro atoms. The molecule has 0 saturated heterocycles. The largest absolute Gasteiger partial charge is 0.490 e. The van der Waals surface area contributed by atoms with Crippen LogP contribution in [0.25, 0.3) is 0 Å². The van der Waals surface area contributed by atoms with Crippen molar-refractivity contribution in [3.8, 4) is 5.75 Å². The highest BCUT2D eigenvalue weighted by molar-refractivity contribution is 7.89. The number of para-hydroxylation sites is 1. The first-order valence-electron chi connectivity index (χ1n) is 9.68. The summed E-state index contributed by atoms with van der Waals surface area (Å²) in [6, 6.07) is 12.0. The van der Waals surface area contributed by atoms with E-state index in [1.54, 1.807) is 11.0 Å². The fourth-order valence-corrected chi connectivity index (χ4v) is 4.96. The molecule has 0 atom stereocenters. The van der Waals surface area contributed by atoms with Gasteiger partial charge in [-0.2, -0.15) is 4.31 Å². The van der Waals surface area contributed by atoms with Gasteiger partial charge in [0.25, 0.3) is 0 Å². The van der Waals surface area contributed by atoms with Crippen LogP contribution in [0.1, 0.15) is 12.5 Å². The maximum absolute atomic E-state index is 13.1. The first-order valence-corrected chi connectivity index (χ1v) is 11.1. The van der Waals surface area contributed by atoms with Gasteiger partial charge in [0.1, 0.15) is 12.4 Å². The predicted molar refractivity (Wildman–Crippen MR) is 112 cm³/mol. The highest BCUT2D eigenvalue weighted by Crippen LogP contribution is 2.34. The summed E-state index contributed by atoms with van der Waals surface area (Å²) in [5.74, 6) is -0.00851. The number of carbonyl (C=O) groups is 2. The zero-order chi connectivity index (χ0) is 21.5. The van der Waals surface area contributed by atoms with Gasteiger partial charge in [-0.15, -0.1) is 0 Å². The molecular formula is C21H23N3O5S. The van der Waals surface area contributed by atoms with Crippen LogP contribution in [0, 0.1) is 0 Å². The third-order valence-corrected chi connectivity index (χ3v) is 7.23. The van der Waals surface area contributed by atoms with Crippen LogP contribution in [0.5, 0.6) is 5.75 Å². The minimum absolute atomic E-state index is 0.00937. The van der Waals surface area contributed by atoms with Crippen molar-refractivity contribution in [1.82, 2.24) is 4.31 Å². The van der Waals surface area contributed by atoms with Crippen LogP contribution in [0.15, 0.2) is 47.4 Å². The predicted octanol–water partition coefficient (Wildman–Crippen LogP) is 1.64. The fraction of sp³-hybridized carbons (Fsp3) is 0.333. The molecule has 0 saturated carbocycles. The lowest BCUT2D eigenvalue weighted by Crippen LogP contribution is -2.40. The molecule has 8 nitrogen and oxygen atoms in total. The van der Waals surface area contributed by atoms with E-state index in [9.17, 15) is 18.0 Å². The summed E-state index contributed by atoms with van der Waals surface area (Å²) in [6.07, 6.45) is 0.754. The summed E-state index contributed by atoms with van der Waals surface area (Å²) in [5.41, 5.74) is 2.33. The van der Waals surface area contributed by atoms with Gasteiger partial charge in [-0.05, 0) is 36.2 Å². The van der Waals surface area contributed by atoms with E-state index in [0.717, 1.165) is 22.0 Å². The average Bonchev–Trinajstić information content (AvgIpc) is 3.17. The molecule has 30 heavy (non-hydrogen) atoms. The second-order valence-electron chi connectivity index (χ2n) is 7.33. The molecule has 0 bridgehead atoms. The summed E-state index contributed by atoms with van der Waals surface area (Å²) in [6.45, 7) is 2.39. The molecule has 2 aliphatic heterocycles. The van der Waals surface area contributed by atoms with Crippen LogP contribution in [0.3, 0.4) is 0 Å². The molecule has 0 fully saturated rings. The highest BCUT2D eigenvalue weighted by Gasteiger charge is 2.30. The second kappa shape index (κ2) is 7.73. The molecule has 9 heteroatoms. The van der Waals surface area contributed by atoms with Crippen molar-refractivity contribution in [3.05, 3.63) is 48.0 Å². The van der Waals surface area contributed by atoms with Crippen molar-refractivity contribution < 1.29 is 22.7 Å². The van der Waals surface area contributed by atoms with E-state index in [1.807, 2.05) is 24.3 Å². The number of rotatable bonds is 4. The Kier molecular flexibility index (Phi) is 5.25. The second-order valence-corrected chi connectivity index (χ2v) is 9.38. The molecule has 4 rings (SSSR count). The van der Waals surface area contributed by atoms with Crippen molar-refractivity contribution >= 4 is 33.2 Å². The van der Waals surface area contributed by atoms with Crippen molar-refractivity contribution in [1.29, 1.82) is 0 Å². The van der Waals surface area contributed by atoms with Crippen molar-refractivity contribution in [2.24, 2.45) is 0 Å². The molecule has 2 aromatic carbocycles. The topological polar surface area (TPSA) is 87.2 Å². The lowest BCUT2D eigenvalue weighted by molar-refractivity contribution is -0.118. The van der Waals surface area contributed by atoms with Gasteiger partial charge in [0, 0.05) is 26.2 Å². The van der Waals surface area contributed by atoms with Gasteiger partial charge in [-0.1, -0.05) is 18.2 Å². The van der Waals surface area contributed by atoms with Crippen molar-refractivity contribution in [2.45, 2.75) is 18.2 Å². The first-order chi connectivity index (χ1) is 14.3. The summed E-state index contributed by atoms with van der Waals surface area (Å²) in [7, 11) is -2.55. The number of fused-ring (bicyclic) bond motifs is 2. The molecular weight excluding hydrogens is 406 g/mol. The monoisotopic (exact) mass is 429 g/mol. The zero-order valence-corrected chi connectivity index (χ0v) is 17.7. The van der Waals surface area contributed by atoms with E-state index in [1.165, 1.54) is 31.0 Å². The van der Waals surface area contributed by atoms with Crippen molar-refractivity contribution in [3.63, 3.8) is 0 Å². The Hall–Kier alpha value is -2.91. The highest BCUT2D eigenvalue weighted by atomic mass is 32.2. The normalized spacial score (nSPS) is 15.6. The molecule has 0 aliphatic carbocycles. The molecule has 2 aliphatic rings. The van der Waals surface area contributed by atoms with Crippen LogP contribution in [0.4, 0.5) is 11.4 Å². The first kappa shape index (κ1) is 20.4. The van der Waals surface area contributed by atoms with Gasteiger partial charge in [-0.25, -0.2) is 8.42 Å². The van der Waals surface area contributed by atoms with Gasteiger partial charge in [0.15, 0.2) is 0 Å². The molecule has 0 radical (unpaired) electrons. The Morgan fingerprint density at radius 2 is 1.83 bits per heavy atom. The summed E-state index contributed by atoms with van der Waals surface area (Å²) >= 11 is 0. The van der Waals surface area contributed by atoms with E-state index in [2.05, 4.69) is 0 Å². The zero-order valence-electron chi connectivity index (χ0n) is 16.9. The summed E-state index contributed by atoms with van der Waals surface area (Å²) in [5, 5.41) is 0. The average molecular weight is 429 g/mol. The Morgan fingerprint density at radius 1 is 1.07 bits per heavy atom. The number of benzene rings is 2. The fourth-order valence-electron chi connectivity index (χ4n) is 3.82. The van der Waals surface area contributed by atoms with Crippen LogP contribution >= 0.6 is 0 Å². The molecule has 0 unspecified atom stereocenters. The summed E-state index contributed by atoms with van der Waals surface area (Å²) < 4.78 is 32.8. The molecule has 2 amide bonds. The van der Waals surface area contributed by atoms with Gasteiger partial charge in [-0.3, -0.25) is 9.59 Å². The van der Waals surface area contributed by atoms with E-state index < -0.39 is 10.0 Å². The Labute approximate surface area is 175 Å². The molecule has 158 valence electrons. The quantitative estimate of drug-likeness (QED) is 0.738. The molecule has 0 N–H and O–H groups in total. The van der Waals surface area contributed by atoms with Crippen LogP contribution in [0.2, 0.25) is 0 Å². The molecule has 0 aromatic heterocycles. The molecule has 2 aromatic rings. The van der Waals surface area contributed by atoms with Crippen LogP contribution in [-0.4, -0.2) is 57.8 Å². The third kappa shape index (κ3) is 3.54. The van der Waals surface area contributed by atoms with Gasteiger partial charge >= 0.3 is 0 Å². The number of sulfonamides is 1. The number of ether oxygens (including phenoxy) is 1. The summed E-state index contributed by atoms with van der Waals surface area (Å²) in [4.78, 5) is 27.9. The third-order valence-electron chi connectivity index (χ3n) is 5.43. The maximum atomic E-state index is 13.1. The lowest BCUT2D eigenvalue weighted by Gasteiger charge is -2.29. The van der Waals surface area contributed by atoms with Crippen LogP contribution in [-0.2, 0) is 26.0 Å². The van der Waals surface area contributed by atoms with E-state index in [-0.39, 0.29) is 23.3 Å². The minimum atomic E-state index is -3.93. The minimum Gasteiger partial charge on any atom is -0.490 e. The van der Waals surface area contributed by atoms with Crippen molar-refractivity contribution in [2.75, 3.05) is 43.1 Å².